The van der Waals surface area contributed by atoms with Gasteiger partial charge in [-0.15, -0.1) is 0 Å². The van der Waals surface area contributed by atoms with Gasteiger partial charge < -0.3 is 10.1 Å². The number of hydrogen-bond acceptors (Lipinski definition) is 8. The lowest BCUT2D eigenvalue weighted by atomic mass is 10.2. The van der Waals surface area contributed by atoms with Crippen molar-refractivity contribution in [1.82, 2.24) is 13.7 Å². The minimum atomic E-state index is -0.405. The summed E-state index contributed by atoms with van der Waals surface area (Å²) in [5, 5.41) is 4.18. The van der Waals surface area contributed by atoms with Gasteiger partial charge in [-0.2, -0.15) is 8.75 Å². The van der Waals surface area contributed by atoms with Gasteiger partial charge in [0.1, 0.15) is 15.9 Å². The molecule has 0 saturated heterocycles. The lowest BCUT2D eigenvalue weighted by molar-refractivity contribution is 0.0605. The van der Waals surface area contributed by atoms with Crippen LogP contribution in [0.1, 0.15) is 15.4 Å². The molecule has 0 unspecified atom stereocenters. The van der Waals surface area contributed by atoms with Gasteiger partial charge in [0, 0.05) is 0 Å². The quantitative estimate of drug-likeness (QED) is 0.733. The molecule has 2 heterocycles. The number of carbonyl (C=O) groups is 1. The van der Waals surface area contributed by atoms with E-state index in [1.165, 1.54) is 18.4 Å². The highest BCUT2D eigenvalue weighted by atomic mass is 35.5. The van der Waals surface area contributed by atoms with Gasteiger partial charge in [-0.05, 0) is 19.1 Å². The van der Waals surface area contributed by atoms with Gasteiger partial charge in [0.2, 0.25) is 0 Å². The number of benzene rings is 1. The molecule has 0 fully saturated rings. The molecule has 0 aliphatic heterocycles. The van der Waals surface area contributed by atoms with E-state index in [2.05, 4.69) is 19.0 Å². The van der Waals surface area contributed by atoms with Crippen molar-refractivity contribution in [3.63, 3.8) is 0 Å². The van der Waals surface area contributed by atoms with Gasteiger partial charge in [-0.1, -0.05) is 22.9 Å². The molecule has 1 aromatic carbocycles. The largest absolute Gasteiger partial charge is 0.465 e. The average molecular weight is 341 g/mol. The van der Waals surface area contributed by atoms with Crippen molar-refractivity contribution in [2.75, 3.05) is 12.4 Å². The molecule has 21 heavy (non-hydrogen) atoms. The molecule has 6 nitrogen and oxygen atoms in total. The van der Waals surface area contributed by atoms with Crippen LogP contribution in [0.2, 0.25) is 5.02 Å². The van der Waals surface area contributed by atoms with Crippen LogP contribution >= 0.6 is 34.7 Å². The van der Waals surface area contributed by atoms with Crippen LogP contribution in [0.4, 0.5) is 10.8 Å². The van der Waals surface area contributed by atoms with Crippen LogP contribution in [0.5, 0.6) is 0 Å². The number of aryl methyl sites for hydroxylation is 1. The summed E-state index contributed by atoms with van der Waals surface area (Å²) in [5.41, 5.74) is 2.68. The number of methoxy groups -OCH3 is 1. The van der Waals surface area contributed by atoms with E-state index in [4.69, 9.17) is 16.3 Å². The summed E-state index contributed by atoms with van der Waals surface area (Å²) in [5.74, 6) is -0.405. The number of esters is 1. The van der Waals surface area contributed by atoms with Crippen LogP contribution in [-0.4, -0.2) is 26.8 Å². The molecule has 1 N–H and O–H groups in total. The van der Waals surface area contributed by atoms with Crippen LogP contribution in [0.15, 0.2) is 12.1 Å². The molecule has 0 bridgehead atoms. The summed E-state index contributed by atoms with van der Waals surface area (Å²) in [6.45, 7) is 1.75. The maximum Gasteiger partial charge on any atom is 0.350 e. The number of fused-ring (bicyclic) bond motifs is 1. The first-order valence-electron chi connectivity index (χ1n) is 5.83. The van der Waals surface area contributed by atoms with E-state index in [-0.39, 0.29) is 0 Å². The Kier molecular flexibility index (Phi) is 3.75. The summed E-state index contributed by atoms with van der Waals surface area (Å²) < 4.78 is 13.1. The van der Waals surface area contributed by atoms with Crippen LogP contribution in [-0.2, 0) is 4.74 Å². The number of aromatic nitrogens is 3. The number of hydrogen-bond donors (Lipinski definition) is 1. The molecule has 0 aliphatic carbocycles. The minimum absolute atomic E-state index is 0.405. The van der Waals surface area contributed by atoms with Crippen molar-refractivity contribution >= 4 is 62.5 Å². The topological polar surface area (TPSA) is 77.0 Å². The molecule has 0 radical (unpaired) electrons. The Bertz CT molecular complexity index is 830. The smallest absolute Gasteiger partial charge is 0.350 e. The zero-order chi connectivity index (χ0) is 15.0. The number of thiazole rings is 1. The first-order chi connectivity index (χ1) is 10.1. The number of nitrogens with zero attached hydrogens (tertiary/aromatic N) is 3. The monoisotopic (exact) mass is 340 g/mol. The third-order valence-electron chi connectivity index (χ3n) is 2.78. The Balaban J connectivity index is 2.01. The SMILES string of the molecule is COC(=O)c1sc(Nc2c(Cl)ccc3nsnc23)nc1C. The predicted molar refractivity (Wildman–Crippen MR) is 83.9 cm³/mol. The summed E-state index contributed by atoms with van der Waals surface area (Å²) in [6.07, 6.45) is 0. The van der Waals surface area contributed by atoms with Gasteiger partial charge in [0.05, 0.1) is 35.2 Å². The first kappa shape index (κ1) is 14.2. The molecule has 0 amide bonds. The van der Waals surface area contributed by atoms with Crippen LogP contribution < -0.4 is 5.32 Å². The van der Waals surface area contributed by atoms with Crippen molar-refractivity contribution < 1.29 is 9.53 Å². The van der Waals surface area contributed by atoms with Crippen LogP contribution in [0, 0.1) is 6.92 Å². The fraction of sp³-hybridized carbons (Fsp3) is 0.167. The molecule has 2 aromatic heterocycles. The zero-order valence-electron chi connectivity index (χ0n) is 11.0. The van der Waals surface area contributed by atoms with Crippen molar-refractivity contribution in [2.24, 2.45) is 0 Å². The normalized spacial score (nSPS) is 10.8. The minimum Gasteiger partial charge on any atom is -0.465 e. The van der Waals surface area contributed by atoms with Crippen molar-refractivity contribution in [3.05, 3.63) is 27.7 Å². The molecule has 0 spiro atoms. The molecule has 0 atom stereocenters. The van der Waals surface area contributed by atoms with Crippen molar-refractivity contribution in [3.8, 4) is 0 Å². The summed E-state index contributed by atoms with van der Waals surface area (Å²) >= 11 is 8.53. The molecule has 9 heteroatoms. The van der Waals surface area contributed by atoms with E-state index < -0.39 is 5.97 Å². The number of ether oxygens (including phenoxy) is 1. The Morgan fingerprint density at radius 2 is 2.19 bits per heavy atom. The zero-order valence-corrected chi connectivity index (χ0v) is 13.4. The second kappa shape index (κ2) is 5.55. The Morgan fingerprint density at radius 3 is 2.95 bits per heavy atom. The molecule has 3 aromatic rings. The Morgan fingerprint density at radius 1 is 1.38 bits per heavy atom. The third-order valence-corrected chi connectivity index (χ3v) is 4.69. The second-order valence-electron chi connectivity index (χ2n) is 4.10. The molecule has 0 aliphatic rings. The van der Waals surface area contributed by atoms with E-state index >= 15 is 0 Å². The molecular formula is C12H9ClN4O2S2. The van der Waals surface area contributed by atoms with Gasteiger partial charge in [-0.25, -0.2) is 9.78 Å². The number of halogens is 1. The van der Waals surface area contributed by atoms with Gasteiger partial charge >= 0.3 is 5.97 Å². The van der Waals surface area contributed by atoms with E-state index in [0.29, 0.717) is 31.9 Å². The van der Waals surface area contributed by atoms with E-state index in [1.807, 2.05) is 0 Å². The lowest BCUT2D eigenvalue weighted by Crippen LogP contribution is -1.99. The van der Waals surface area contributed by atoms with E-state index in [0.717, 1.165) is 17.2 Å². The second-order valence-corrected chi connectivity index (χ2v) is 6.04. The number of anilines is 2. The first-order valence-corrected chi connectivity index (χ1v) is 7.76. The highest BCUT2D eigenvalue weighted by Crippen LogP contribution is 2.34. The van der Waals surface area contributed by atoms with E-state index in [9.17, 15) is 4.79 Å². The van der Waals surface area contributed by atoms with Crippen LogP contribution in [0.3, 0.4) is 0 Å². The average Bonchev–Trinajstić information content (AvgIpc) is 3.07. The molecule has 108 valence electrons. The number of nitrogens with one attached hydrogen (secondary N) is 1. The van der Waals surface area contributed by atoms with Gasteiger partial charge in [0.15, 0.2) is 5.13 Å². The summed E-state index contributed by atoms with van der Waals surface area (Å²) in [4.78, 5) is 16.4. The maximum absolute atomic E-state index is 11.6. The maximum atomic E-state index is 11.6. The summed E-state index contributed by atoms with van der Waals surface area (Å²) in [7, 11) is 1.34. The molecular weight excluding hydrogens is 332 g/mol. The molecule has 0 saturated carbocycles. The standard InChI is InChI=1S/C12H9ClN4O2S2/c1-5-10(11(18)19-2)20-12(14-5)15-8-6(13)3-4-7-9(8)17-21-16-7/h3-4H,1-2H3,(H,14,15). The predicted octanol–water partition coefficient (Wildman–Crippen LogP) is 3.64. The van der Waals surface area contributed by atoms with E-state index in [1.54, 1.807) is 19.1 Å². The fourth-order valence-electron chi connectivity index (χ4n) is 1.78. The Labute approximate surface area is 133 Å². The lowest BCUT2D eigenvalue weighted by Gasteiger charge is -2.05. The van der Waals surface area contributed by atoms with Gasteiger partial charge in [-0.3, -0.25) is 0 Å². The Hall–Kier alpha value is -1.77. The number of rotatable bonds is 3. The highest BCUT2D eigenvalue weighted by Gasteiger charge is 2.17. The molecule has 3 rings (SSSR count). The van der Waals surface area contributed by atoms with Crippen molar-refractivity contribution in [2.45, 2.75) is 6.92 Å². The summed E-state index contributed by atoms with van der Waals surface area (Å²) in [6, 6.07) is 3.55. The van der Waals surface area contributed by atoms with Crippen molar-refractivity contribution in [1.29, 1.82) is 0 Å². The fourth-order valence-corrected chi connectivity index (χ4v) is 3.42. The highest BCUT2D eigenvalue weighted by molar-refractivity contribution is 7.17. The third kappa shape index (κ3) is 2.57. The van der Waals surface area contributed by atoms with Gasteiger partial charge in [0.25, 0.3) is 0 Å². The number of carbonyl (C=O) groups excluding carboxylic acids is 1. The van der Waals surface area contributed by atoms with Crippen LogP contribution in [0.25, 0.3) is 11.0 Å².